The van der Waals surface area contributed by atoms with E-state index in [4.69, 9.17) is 10.00 Å². The zero-order valence-corrected chi connectivity index (χ0v) is 14.8. The van der Waals surface area contributed by atoms with Gasteiger partial charge in [-0.1, -0.05) is 12.1 Å². The molecule has 3 rings (SSSR count). The minimum Gasteiger partial charge on any atom is -0.474 e. The molecule has 27 heavy (non-hydrogen) atoms. The van der Waals surface area contributed by atoms with E-state index >= 15 is 0 Å². The Kier molecular flexibility index (Phi) is 4.62. The lowest BCUT2D eigenvalue weighted by molar-refractivity contribution is 0.0833. The van der Waals surface area contributed by atoms with Crippen LogP contribution in [0.1, 0.15) is 25.2 Å². The summed E-state index contributed by atoms with van der Waals surface area (Å²) in [4.78, 5) is 0. The molecule has 0 spiro atoms. The maximum atomic E-state index is 13.9. The monoisotopic (exact) mass is 372 g/mol. The van der Waals surface area contributed by atoms with Crippen LogP contribution in [0.3, 0.4) is 0 Å². The summed E-state index contributed by atoms with van der Waals surface area (Å²) in [5.74, 6) is -3.28. The van der Waals surface area contributed by atoms with Gasteiger partial charge in [-0.3, -0.25) is 0 Å². The SMILES string of the molecule is Cn1c(-c2cccc(C#N)c2)nnc1C(C)(C)Oc1c(F)cc(F)cc1F. The van der Waals surface area contributed by atoms with E-state index in [0.717, 1.165) is 0 Å². The van der Waals surface area contributed by atoms with E-state index in [-0.39, 0.29) is 0 Å². The number of rotatable bonds is 4. The molecule has 0 amide bonds. The maximum absolute atomic E-state index is 13.9. The molecule has 1 heterocycles. The molecule has 3 aromatic rings. The first-order valence-electron chi connectivity index (χ1n) is 7.97. The van der Waals surface area contributed by atoms with Crippen LogP contribution in [0.4, 0.5) is 13.2 Å². The lowest BCUT2D eigenvalue weighted by atomic mass is 10.1. The molecule has 0 unspecified atom stereocenters. The molecule has 5 nitrogen and oxygen atoms in total. The molecule has 0 aliphatic heterocycles. The summed E-state index contributed by atoms with van der Waals surface area (Å²) in [5.41, 5.74) is -0.153. The largest absolute Gasteiger partial charge is 0.474 e. The van der Waals surface area contributed by atoms with Crippen molar-refractivity contribution in [3.8, 4) is 23.2 Å². The minimum absolute atomic E-state index is 0.294. The molecule has 0 atom stereocenters. The van der Waals surface area contributed by atoms with E-state index in [9.17, 15) is 13.2 Å². The van der Waals surface area contributed by atoms with Crippen LogP contribution in [0, 0.1) is 28.8 Å². The Bertz CT molecular complexity index is 1030. The average molecular weight is 372 g/mol. The van der Waals surface area contributed by atoms with Gasteiger partial charge in [-0.05, 0) is 26.0 Å². The smallest absolute Gasteiger partial charge is 0.192 e. The summed E-state index contributed by atoms with van der Waals surface area (Å²) >= 11 is 0. The first kappa shape index (κ1) is 18.5. The van der Waals surface area contributed by atoms with E-state index in [1.807, 2.05) is 6.07 Å². The Balaban J connectivity index is 1.99. The Morgan fingerprint density at radius 1 is 1.07 bits per heavy atom. The highest BCUT2D eigenvalue weighted by Gasteiger charge is 2.32. The summed E-state index contributed by atoms with van der Waals surface area (Å²) in [7, 11) is 1.67. The number of benzene rings is 2. The van der Waals surface area contributed by atoms with E-state index < -0.39 is 28.8 Å². The summed E-state index contributed by atoms with van der Waals surface area (Å²) in [5, 5.41) is 17.2. The highest BCUT2D eigenvalue weighted by atomic mass is 19.1. The van der Waals surface area contributed by atoms with Crippen LogP contribution in [-0.4, -0.2) is 14.8 Å². The number of halogens is 3. The number of nitrogens with zero attached hydrogens (tertiary/aromatic N) is 4. The first-order valence-corrected chi connectivity index (χ1v) is 7.97. The van der Waals surface area contributed by atoms with Crippen molar-refractivity contribution in [1.29, 1.82) is 5.26 Å². The lowest BCUT2D eigenvalue weighted by Gasteiger charge is -2.26. The standard InChI is InChI=1S/C19H15F3N4O/c1-19(2,27-16-14(21)8-13(20)9-15(16)22)18-25-24-17(26(18)3)12-6-4-5-11(7-12)10-23/h4-9H,1-3H3. The zero-order chi connectivity index (χ0) is 19.8. The van der Waals surface area contributed by atoms with Crippen molar-refractivity contribution in [2.75, 3.05) is 0 Å². The summed E-state index contributed by atoms with van der Waals surface area (Å²) in [6, 6.07) is 9.93. The summed E-state index contributed by atoms with van der Waals surface area (Å²) < 4.78 is 48.1. The topological polar surface area (TPSA) is 63.7 Å². The molecule has 0 N–H and O–H groups in total. The first-order chi connectivity index (χ1) is 12.7. The van der Waals surface area contributed by atoms with Gasteiger partial charge in [-0.25, -0.2) is 13.2 Å². The Morgan fingerprint density at radius 3 is 2.37 bits per heavy atom. The third-order valence-electron chi connectivity index (χ3n) is 3.98. The highest BCUT2D eigenvalue weighted by Crippen LogP contribution is 2.32. The van der Waals surface area contributed by atoms with Gasteiger partial charge in [0.2, 0.25) is 0 Å². The number of hydrogen-bond acceptors (Lipinski definition) is 4. The normalized spacial score (nSPS) is 11.3. The van der Waals surface area contributed by atoms with Crippen LogP contribution >= 0.6 is 0 Å². The van der Waals surface area contributed by atoms with Crippen LogP contribution in [0.15, 0.2) is 36.4 Å². The fourth-order valence-corrected chi connectivity index (χ4v) is 2.76. The van der Waals surface area contributed by atoms with E-state index in [1.165, 1.54) is 0 Å². The molecule has 0 saturated carbocycles. The molecule has 138 valence electrons. The zero-order valence-electron chi connectivity index (χ0n) is 14.8. The second-order valence-corrected chi connectivity index (χ2v) is 6.41. The molecule has 0 bridgehead atoms. The number of aromatic nitrogens is 3. The fourth-order valence-electron chi connectivity index (χ4n) is 2.76. The van der Waals surface area contributed by atoms with Crippen LogP contribution in [-0.2, 0) is 12.6 Å². The van der Waals surface area contributed by atoms with Crippen molar-refractivity contribution in [3.63, 3.8) is 0 Å². The van der Waals surface area contributed by atoms with Gasteiger partial charge in [0, 0.05) is 24.7 Å². The van der Waals surface area contributed by atoms with Gasteiger partial charge in [0.05, 0.1) is 11.6 Å². The molecule has 0 aliphatic carbocycles. The third kappa shape index (κ3) is 3.49. The molecule has 2 aromatic carbocycles. The van der Waals surface area contributed by atoms with Gasteiger partial charge < -0.3 is 9.30 Å². The Labute approximate surface area is 153 Å². The van der Waals surface area contributed by atoms with Gasteiger partial charge >= 0.3 is 0 Å². The van der Waals surface area contributed by atoms with Crippen LogP contribution in [0.2, 0.25) is 0 Å². The molecule has 0 aliphatic rings. The highest BCUT2D eigenvalue weighted by molar-refractivity contribution is 5.58. The number of ether oxygens (including phenoxy) is 1. The predicted molar refractivity (Wildman–Crippen MR) is 91.1 cm³/mol. The molecule has 1 aromatic heterocycles. The fraction of sp³-hybridized carbons (Fsp3) is 0.211. The summed E-state index contributed by atoms with van der Waals surface area (Å²) in [6.07, 6.45) is 0. The van der Waals surface area contributed by atoms with E-state index in [0.29, 0.717) is 34.9 Å². The Morgan fingerprint density at radius 2 is 1.74 bits per heavy atom. The summed E-state index contributed by atoms with van der Waals surface area (Å²) in [6.45, 7) is 3.13. The lowest BCUT2D eigenvalue weighted by Crippen LogP contribution is -2.30. The Hall–Kier alpha value is -3.34. The molecule has 0 fully saturated rings. The van der Waals surface area contributed by atoms with Crippen molar-refractivity contribution in [2.45, 2.75) is 19.4 Å². The average Bonchev–Trinajstić information content (AvgIpc) is 3.00. The predicted octanol–water partition coefficient (Wildman–Crippen LogP) is 4.09. The van der Waals surface area contributed by atoms with Crippen molar-refractivity contribution in [1.82, 2.24) is 14.8 Å². The second-order valence-electron chi connectivity index (χ2n) is 6.41. The molecular weight excluding hydrogens is 357 g/mol. The van der Waals surface area contributed by atoms with Crippen molar-refractivity contribution in [2.24, 2.45) is 7.05 Å². The second kappa shape index (κ2) is 6.76. The quantitative estimate of drug-likeness (QED) is 0.692. The van der Waals surface area contributed by atoms with Crippen molar-refractivity contribution >= 4 is 0 Å². The van der Waals surface area contributed by atoms with Crippen molar-refractivity contribution < 1.29 is 17.9 Å². The molecular formula is C19H15F3N4O. The third-order valence-corrected chi connectivity index (χ3v) is 3.98. The van der Waals surface area contributed by atoms with E-state index in [2.05, 4.69) is 10.2 Å². The molecule has 0 radical (unpaired) electrons. The molecule has 8 heteroatoms. The van der Waals surface area contributed by atoms with Crippen molar-refractivity contribution in [3.05, 3.63) is 65.2 Å². The minimum atomic E-state index is -1.27. The maximum Gasteiger partial charge on any atom is 0.192 e. The van der Waals surface area contributed by atoms with Gasteiger partial charge in [0.15, 0.2) is 34.6 Å². The van der Waals surface area contributed by atoms with Crippen LogP contribution in [0.25, 0.3) is 11.4 Å². The van der Waals surface area contributed by atoms with Gasteiger partial charge in [-0.15, -0.1) is 10.2 Å². The number of hydrogen-bond donors (Lipinski definition) is 0. The van der Waals surface area contributed by atoms with Crippen LogP contribution in [0.5, 0.6) is 5.75 Å². The van der Waals surface area contributed by atoms with Gasteiger partial charge in [0.1, 0.15) is 5.82 Å². The van der Waals surface area contributed by atoms with E-state index in [1.54, 1.807) is 49.7 Å². The van der Waals surface area contributed by atoms with Crippen LogP contribution < -0.4 is 4.74 Å². The van der Waals surface area contributed by atoms with Gasteiger partial charge in [0.25, 0.3) is 0 Å². The molecule has 0 saturated heterocycles. The number of nitriles is 1. The van der Waals surface area contributed by atoms with Gasteiger partial charge in [-0.2, -0.15) is 5.26 Å².